The summed E-state index contributed by atoms with van der Waals surface area (Å²) >= 11 is 0. The van der Waals surface area contributed by atoms with Gasteiger partial charge in [-0.15, -0.1) is 0 Å². The summed E-state index contributed by atoms with van der Waals surface area (Å²) < 4.78 is 5.80. The van der Waals surface area contributed by atoms with Crippen LogP contribution in [0.5, 0.6) is 11.5 Å². The second-order valence-electron chi connectivity index (χ2n) is 5.90. The van der Waals surface area contributed by atoms with Crippen LogP contribution in [-0.4, -0.2) is 11.3 Å². The fourth-order valence-electron chi connectivity index (χ4n) is 1.91. The van der Waals surface area contributed by atoms with Gasteiger partial charge in [-0.3, -0.25) is 9.78 Å². The molecule has 0 unspecified atom stereocenters. The summed E-state index contributed by atoms with van der Waals surface area (Å²) in [5.41, 5.74) is 2.95. The number of benzene rings is 1. The first-order valence-electron chi connectivity index (χ1n) is 6.59. The summed E-state index contributed by atoms with van der Waals surface area (Å²) in [6.07, 6.45) is 3.87. The molecule has 3 heteroatoms. The molecule has 104 valence electrons. The van der Waals surface area contributed by atoms with Gasteiger partial charge in [-0.25, -0.2) is 0 Å². The van der Waals surface area contributed by atoms with Gasteiger partial charge >= 0.3 is 0 Å². The summed E-state index contributed by atoms with van der Waals surface area (Å²) in [5.74, 6) is 1.35. The number of nitrogens with zero attached hydrogens (tertiary/aromatic N) is 1. The van der Waals surface area contributed by atoms with Gasteiger partial charge in [0.25, 0.3) is 0 Å². The van der Waals surface area contributed by atoms with Gasteiger partial charge in [0.2, 0.25) is 0 Å². The minimum absolute atomic E-state index is 0.113. The first-order valence-corrected chi connectivity index (χ1v) is 6.59. The van der Waals surface area contributed by atoms with Crippen molar-refractivity contribution in [2.75, 3.05) is 0 Å². The predicted molar refractivity (Wildman–Crippen MR) is 79.6 cm³/mol. The van der Waals surface area contributed by atoms with Crippen molar-refractivity contribution in [2.24, 2.45) is 0 Å². The minimum atomic E-state index is 0.113. The van der Waals surface area contributed by atoms with Crippen LogP contribution >= 0.6 is 0 Å². The summed E-state index contributed by atoms with van der Waals surface area (Å²) in [5, 5.41) is 0. The number of carbonyl (C=O) groups excluding carboxylic acids is 1. The topological polar surface area (TPSA) is 39.2 Å². The zero-order valence-corrected chi connectivity index (χ0v) is 12.3. The summed E-state index contributed by atoms with van der Waals surface area (Å²) in [6, 6.07) is 7.84. The number of aromatic nitrogens is 1. The lowest BCUT2D eigenvalue weighted by Gasteiger charge is -2.20. The lowest BCUT2D eigenvalue weighted by Crippen LogP contribution is -2.11. The molecule has 0 spiro atoms. The van der Waals surface area contributed by atoms with Crippen molar-refractivity contribution < 1.29 is 9.53 Å². The molecule has 0 bridgehead atoms. The van der Waals surface area contributed by atoms with E-state index >= 15 is 0 Å². The van der Waals surface area contributed by atoms with Gasteiger partial charge in [-0.2, -0.15) is 0 Å². The Morgan fingerprint density at radius 2 is 1.90 bits per heavy atom. The lowest BCUT2D eigenvalue weighted by atomic mass is 9.86. The molecule has 1 aromatic carbocycles. The summed E-state index contributed by atoms with van der Waals surface area (Å²) in [4.78, 5) is 14.7. The van der Waals surface area contributed by atoms with Gasteiger partial charge in [0.05, 0.1) is 6.20 Å². The van der Waals surface area contributed by atoms with Gasteiger partial charge in [-0.05, 0) is 35.6 Å². The molecule has 0 atom stereocenters. The average molecular weight is 269 g/mol. The Kier molecular flexibility index (Phi) is 3.89. The molecular formula is C17H19NO2. The van der Waals surface area contributed by atoms with Crippen LogP contribution in [0.2, 0.25) is 0 Å². The number of hydrogen-bond acceptors (Lipinski definition) is 3. The molecule has 0 aliphatic heterocycles. The second kappa shape index (κ2) is 5.45. The molecule has 2 aromatic rings. The monoisotopic (exact) mass is 269 g/mol. The smallest absolute Gasteiger partial charge is 0.151 e. The van der Waals surface area contributed by atoms with Crippen molar-refractivity contribution in [3.63, 3.8) is 0 Å². The van der Waals surface area contributed by atoms with Crippen molar-refractivity contribution in [1.82, 2.24) is 4.98 Å². The highest BCUT2D eigenvalue weighted by Gasteiger charge is 2.15. The maximum atomic E-state index is 10.7. The summed E-state index contributed by atoms with van der Waals surface area (Å²) in [6.45, 7) is 8.56. The molecule has 0 N–H and O–H groups in total. The predicted octanol–water partition coefficient (Wildman–Crippen LogP) is 4.29. The Balaban J connectivity index is 2.28. The molecule has 20 heavy (non-hydrogen) atoms. The minimum Gasteiger partial charge on any atom is -0.455 e. The van der Waals surface area contributed by atoms with E-state index in [-0.39, 0.29) is 5.41 Å². The Bertz CT molecular complexity index is 627. The zero-order valence-electron chi connectivity index (χ0n) is 12.3. The molecular weight excluding hydrogens is 250 g/mol. The highest BCUT2D eigenvalue weighted by Crippen LogP contribution is 2.30. The number of aryl methyl sites for hydroxylation is 1. The van der Waals surface area contributed by atoms with Crippen molar-refractivity contribution in [3.8, 4) is 11.5 Å². The fraction of sp³-hybridized carbons (Fsp3) is 0.294. The van der Waals surface area contributed by atoms with E-state index in [2.05, 4.69) is 37.9 Å². The number of aldehydes is 1. The average Bonchev–Trinajstić information content (AvgIpc) is 2.40. The van der Waals surface area contributed by atoms with Crippen LogP contribution in [0.3, 0.4) is 0 Å². The largest absolute Gasteiger partial charge is 0.455 e. The zero-order chi connectivity index (χ0) is 14.8. The van der Waals surface area contributed by atoms with E-state index in [9.17, 15) is 4.79 Å². The van der Waals surface area contributed by atoms with Crippen molar-refractivity contribution >= 4 is 6.29 Å². The molecule has 0 aliphatic rings. The van der Waals surface area contributed by atoms with E-state index in [0.29, 0.717) is 11.3 Å². The molecule has 3 nitrogen and oxygen atoms in total. The SMILES string of the molecule is Cc1cc(C(C)(C)C)ccc1Oc1cncc(C=O)c1. The van der Waals surface area contributed by atoms with Crippen LogP contribution in [0.1, 0.15) is 42.3 Å². The van der Waals surface area contributed by atoms with E-state index in [4.69, 9.17) is 4.74 Å². The van der Waals surface area contributed by atoms with Gasteiger partial charge in [0.1, 0.15) is 11.5 Å². The van der Waals surface area contributed by atoms with Crippen molar-refractivity contribution in [2.45, 2.75) is 33.1 Å². The number of pyridine rings is 1. The van der Waals surface area contributed by atoms with Crippen LogP contribution in [0.15, 0.2) is 36.7 Å². The van der Waals surface area contributed by atoms with Crippen LogP contribution in [0.25, 0.3) is 0 Å². The van der Waals surface area contributed by atoms with Crippen molar-refractivity contribution in [1.29, 1.82) is 0 Å². The molecule has 0 amide bonds. The second-order valence-corrected chi connectivity index (χ2v) is 5.90. The highest BCUT2D eigenvalue weighted by atomic mass is 16.5. The van der Waals surface area contributed by atoms with Crippen LogP contribution in [-0.2, 0) is 5.41 Å². The number of hydrogen-bond donors (Lipinski definition) is 0. The van der Waals surface area contributed by atoms with E-state index in [1.165, 1.54) is 11.8 Å². The number of ether oxygens (including phenoxy) is 1. The first-order chi connectivity index (χ1) is 9.40. The third-order valence-corrected chi connectivity index (χ3v) is 3.14. The Morgan fingerprint density at radius 1 is 1.15 bits per heavy atom. The van der Waals surface area contributed by atoms with E-state index < -0.39 is 0 Å². The normalized spacial score (nSPS) is 11.2. The molecule has 0 saturated heterocycles. The lowest BCUT2D eigenvalue weighted by molar-refractivity contribution is 0.112. The van der Waals surface area contributed by atoms with Gasteiger partial charge in [-0.1, -0.05) is 32.9 Å². The Labute approximate surface area is 119 Å². The fourth-order valence-corrected chi connectivity index (χ4v) is 1.91. The molecule has 0 aliphatic carbocycles. The first kappa shape index (κ1) is 14.3. The Hall–Kier alpha value is -2.16. The number of rotatable bonds is 3. The highest BCUT2D eigenvalue weighted by molar-refractivity contribution is 5.74. The molecule has 1 aromatic heterocycles. The van der Waals surface area contributed by atoms with Gasteiger partial charge in [0.15, 0.2) is 6.29 Å². The van der Waals surface area contributed by atoms with Crippen LogP contribution in [0.4, 0.5) is 0 Å². The van der Waals surface area contributed by atoms with E-state index in [0.717, 1.165) is 17.6 Å². The molecule has 0 fully saturated rings. The Morgan fingerprint density at radius 3 is 2.50 bits per heavy atom. The molecule has 0 radical (unpaired) electrons. The quantitative estimate of drug-likeness (QED) is 0.780. The third kappa shape index (κ3) is 3.23. The van der Waals surface area contributed by atoms with E-state index in [1.54, 1.807) is 12.3 Å². The molecule has 0 saturated carbocycles. The standard InChI is InChI=1S/C17H19NO2/c1-12-7-14(17(2,3)4)5-6-16(12)20-15-8-13(11-19)9-18-10-15/h5-11H,1-4H3. The maximum Gasteiger partial charge on any atom is 0.151 e. The third-order valence-electron chi connectivity index (χ3n) is 3.14. The van der Waals surface area contributed by atoms with Crippen molar-refractivity contribution in [3.05, 3.63) is 53.3 Å². The number of carbonyl (C=O) groups is 1. The molecule has 1 heterocycles. The molecule has 2 rings (SSSR count). The summed E-state index contributed by atoms with van der Waals surface area (Å²) in [7, 11) is 0. The van der Waals surface area contributed by atoms with Crippen LogP contribution in [0, 0.1) is 6.92 Å². The van der Waals surface area contributed by atoms with Gasteiger partial charge < -0.3 is 4.74 Å². The van der Waals surface area contributed by atoms with Crippen LogP contribution < -0.4 is 4.74 Å². The van der Waals surface area contributed by atoms with Gasteiger partial charge in [0, 0.05) is 11.8 Å². The maximum absolute atomic E-state index is 10.7. The van der Waals surface area contributed by atoms with E-state index in [1.807, 2.05) is 13.0 Å².